The number of imidazole rings is 1. The van der Waals surface area contributed by atoms with Gasteiger partial charge in [0.15, 0.2) is 17.5 Å². The summed E-state index contributed by atoms with van der Waals surface area (Å²) >= 11 is 0. The smallest absolute Gasteiger partial charge is 0.342 e. The standard InChI is InChI=1S/C25H17F9N4/c26-17-8-13(9-18(27)20(17)28)15-10-14(24(29,30)31)11-19-22(15)37-23(36-19)38-6-3-12(4-7-38)21-16(25(32,33)34)2-1-5-35-21/h1-2,5,8-12H,3-4,6-7H2,(H,36,37). The zero-order valence-electron chi connectivity index (χ0n) is 19.2. The number of benzene rings is 2. The molecule has 1 fully saturated rings. The van der Waals surface area contributed by atoms with Crippen molar-refractivity contribution in [2.45, 2.75) is 31.1 Å². The summed E-state index contributed by atoms with van der Waals surface area (Å²) < 4.78 is 122. The van der Waals surface area contributed by atoms with Crippen molar-refractivity contribution < 1.29 is 39.5 Å². The van der Waals surface area contributed by atoms with E-state index < -0.39 is 46.8 Å². The fourth-order valence-electron chi connectivity index (χ4n) is 4.70. The van der Waals surface area contributed by atoms with Crippen LogP contribution in [0.4, 0.5) is 45.5 Å². The highest BCUT2D eigenvalue weighted by atomic mass is 19.4. The van der Waals surface area contributed by atoms with Crippen LogP contribution in [0.25, 0.3) is 22.2 Å². The SMILES string of the molecule is Fc1cc(-c2cc(C(F)(F)F)cc3[nH]c(N4CCC(c5ncccc5C(F)(F)F)CC4)nc23)cc(F)c1F. The number of nitrogens with zero attached hydrogens (tertiary/aromatic N) is 3. The maximum absolute atomic E-state index is 13.9. The summed E-state index contributed by atoms with van der Waals surface area (Å²) in [6, 6.07) is 4.81. The van der Waals surface area contributed by atoms with Gasteiger partial charge in [-0.05, 0) is 54.8 Å². The minimum absolute atomic E-state index is 0.0374. The second-order valence-corrected chi connectivity index (χ2v) is 8.93. The monoisotopic (exact) mass is 544 g/mol. The van der Waals surface area contributed by atoms with Gasteiger partial charge in [0.05, 0.1) is 27.9 Å². The molecule has 1 aliphatic heterocycles. The van der Waals surface area contributed by atoms with Gasteiger partial charge in [-0.3, -0.25) is 4.98 Å². The molecule has 0 atom stereocenters. The molecule has 0 unspecified atom stereocenters. The van der Waals surface area contributed by atoms with E-state index >= 15 is 0 Å². The van der Waals surface area contributed by atoms with E-state index in [0.29, 0.717) is 18.2 Å². The molecule has 38 heavy (non-hydrogen) atoms. The first-order valence-electron chi connectivity index (χ1n) is 11.4. The van der Waals surface area contributed by atoms with Crippen molar-refractivity contribution in [2.75, 3.05) is 18.0 Å². The number of pyridine rings is 1. The van der Waals surface area contributed by atoms with E-state index in [1.807, 2.05) is 0 Å². The first-order chi connectivity index (χ1) is 17.8. The highest BCUT2D eigenvalue weighted by Gasteiger charge is 2.37. The average molecular weight is 544 g/mol. The number of alkyl halides is 6. The number of aromatic nitrogens is 3. The number of rotatable bonds is 3. The fourth-order valence-corrected chi connectivity index (χ4v) is 4.70. The normalized spacial score (nSPS) is 15.4. The minimum Gasteiger partial charge on any atom is -0.342 e. The summed E-state index contributed by atoms with van der Waals surface area (Å²) in [4.78, 5) is 12.7. The van der Waals surface area contributed by atoms with E-state index in [0.717, 1.165) is 12.1 Å². The summed E-state index contributed by atoms with van der Waals surface area (Å²) in [5, 5.41) is 0. The quantitative estimate of drug-likeness (QED) is 0.215. The first-order valence-corrected chi connectivity index (χ1v) is 11.4. The molecule has 200 valence electrons. The third-order valence-corrected chi connectivity index (χ3v) is 6.52. The highest BCUT2D eigenvalue weighted by molar-refractivity contribution is 5.94. The molecule has 4 nitrogen and oxygen atoms in total. The molecule has 2 aromatic carbocycles. The van der Waals surface area contributed by atoms with Gasteiger partial charge < -0.3 is 9.88 Å². The van der Waals surface area contributed by atoms with Gasteiger partial charge in [0.25, 0.3) is 0 Å². The predicted molar refractivity (Wildman–Crippen MR) is 120 cm³/mol. The highest BCUT2D eigenvalue weighted by Crippen LogP contribution is 2.40. The van der Waals surface area contributed by atoms with Crippen LogP contribution in [-0.4, -0.2) is 28.0 Å². The zero-order chi connectivity index (χ0) is 27.4. The van der Waals surface area contributed by atoms with Crippen molar-refractivity contribution in [3.05, 3.63) is 76.9 Å². The van der Waals surface area contributed by atoms with Crippen LogP contribution < -0.4 is 4.90 Å². The lowest BCUT2D eigenvalue weighted by Gasteiger charge is -2.32. The van der Waals surface area contributed by atoms with Crippen LogP contribution in [0.15, 0.2) is 42.6 Å². The number of aromatic amines is 1. The summed E-state index contributed by atoms with van der Waals surface area (Å²) in [6.45, 7) is 0.444. The molecule has 3 heterocycles. The van der Waals surface area contributed by atoms with Crippen LogP contribution in [0.3, 0.4) is 0 Å². The Labute approximate surface area is 209 Å². The first kappa shape index (κ1) is 25.9. The molecule has 2 aromatic heterocycles. The minimum atomic E-state index is -4.80. The van der Waals surface area contributed by atoms with Crippen molar-refractivity contribution in [3.8, 4) is 11.1 Å². The lowest BCUT2D eigenvalue weighted by atomic mass is 9.90. The van der Waals surface area contributed by atoms with Gasteiger partial charge in [-0.15, -0.1) is 0 Å². The van der Waals surface area contributed by atoms with Gasteiger partial charge in [0, 0.05) is 30.8 Å². The number of hydrogen-bond acceptors (Lipinski definition) is 3. The molecule has 0 radical (unpaired) electrons. The Morgan fingerprint density at radius 1 is 0.868 bits per heavy atom. The van der Waals surface area contributed by atoms with Crippen molar-refractivity contribution in [1.82, 2.24) is 15.0 Å². The lowest BCUT2D eigenvalue weighted by Crippen LogP contribution is -2.34. The average Bonchev–Trinajstić information content (AvgIpc) is 3.30. The van der Waals surface area contributed by atoms with Crippen molar-refractivity contribution in [3.63, 3.8) is 0 Å². The molecule has 5 rings (SSSR count). The maximum atomic E-state index is 13.9. The molecular formula is C25H17F9N4. The van der Waals surface area contributed by atoms with Crippen molar-refractivity contribution >= 4 is 17.0 Å². The summed E-state index contributed by atoms with van der Waals surface area (Å²) in [5.41, 5.74) is -2.73. The van der Waals surface area contributed by atoms with E-state index in [4.69, 9.17) is 0 Å². The predicted octanol–water partition coefficient (Wildman–Crippen LogP) is 7.46. The van der Waals surface area contributed by atoms with Gasteiger partial charge in [-0.1, -0.05) is 0 Å². The lowest BCUT2D eigenvalue weighted by molar-refractivity contribution is -0.139. The van der Waals surface area contributed by atoms with E-state index in [2.05, 4.69) is 15.0 Å². The number of piperidine rings is 1. The molecular weight excluding hydrogens is 527 g/mol. The number of hydrogen-bond donors (Lipinski definition) is 1. The van der Waals surface area contributed by atoms with Crippen LogP contribution >= 0.6 is 0 Å². The zero-order valence-corrected chi connectivity index (χ0v) is 19.2. The van der Waals surface area contributed by atoms with E-state index in [1.54, 1.807) is 4.90 Å². The van der Waals surface area contributed by atoms with Crippen LogP contribution in [0, 0.1) is 17.5 Å². The van der Waals surface area contributed by atoms with Gasteiger partial charge in [-0.2, -0.15) is 26.3 Å². The Balaban J connectivity index is 1.49. The van der Waals surface area contributed by atoms with Gasteiger partial charge in [-0.25, -0.2) is 18.2 Å². The largest absolute Gasteiger partial charge is 0.418 e. The topological polar surface area (TPSA) is 44.8 Å². The molecule has 1 aliphatic rings. The Morgan fingerprint density at radius 2 is 1.53 bits per heavy atom. The number of H-pyrrole nitrogens is 1. The third-order valence-electron chi connectivity index (χ3n) is 6.52. The van der Waals surface area contributed by atoms with E-state index in [9.17, 15) is 39.5 Å². The summed E-state index contributed by atoms with van der Waals surface area (Å²) in [6.07, 6.45) is -7.54. The summed E-state index contributed by atoms with van der Waals surface area (Å²) in [5.74, 6) is -5.26. The Morgan fingerprint density at radius 3 is 2.13 bits per heavy atom. The van der Waals surface area contributed by atoms with Gasteiger partial charge in [0.2, 0.25) is 5.95 Å². The number of anilines is 1. The fraction of sp³-hybridized carbons (Fsp3) is 0.280. The van der Waals surface area contributed by atoms with Crippen LogP contribution in [0.2, 0.25) is 0 Å². The van der Waals surface area contributed by atoms with Crippen LogP contribution in [0.1, 0.15) is 35.6 Å². The molecule has 0 amide bonds. The number of fused-ring (bicyclic) bond motifs is 1. The van der Waals surface area contributed by atoms with Crippen molar-refractivity contribution in [2.24, 2.45) is 0 Å². The Bertz CT molecular complexity index is 1480. The van der Waals surface area contributed by atoms with Crippen molar-refractivity contribution in [1.29, 1.82) is 0 Å². The molecule has 13 heteroatoms. The second kappa shape index (κ2) is 9.21. The molecule has 0 spiro atoms. The molecule has 4 aromatic rings. The maximum Gasteiger partial charge on any atom is 0.418 e. The van der Waals surface area contributed by atoms with Crippen LogP contribution in [-0.2, 0) is 12.4 Å². The number of nitrogens with one attached hydrogen (secondary N) is 1. The van der Waals surface area contributed by atoms with E-state index in [1.165, 1.54) is 12.3 Å². The van der Waals surface area contributed by atoms with E-state index in [-0.39, 0.29) is 59.7 Å². The molecule has 0 bridgehead atoms. The Hall–Kier alpha value is -3.77. The van der Waals surface area contributed by atoms with Gasteiger partial charge in [0.1, 0.15) is 0 Å². The second-order valence-electron chi connectivity index (χ2n) is 8.93. The van der Waals surface area contributed by atoms with Gasteiger partial charge >= 0.3 is 12.4 Å². The third kappa shape index (κ3) is 4.76. The Kier molecular flexibility index (Phi) is 6.27. The number of halogens is 9. The molecule has 1 saturated heterocycles. The molecule has 1 N–H and O–H groups in total. The summed E-state index contributed by atoms with van der Waals surface area (Å²) in [7, 11) is 0. The molecule has 0 saturated carbocycles. The van der Waals surface area contributed by atoms with Crippen LogP contribution in [0.5, 0.6) is 0 Å². The molecule has 0 aliphatic carbocycles.